The van der Waals surface area contributed by atoms with E-state index in [1.54, 1.807) is 22.7 Å². The first-order chi connectivity index (χ1) is 14.1. The molecule has 30 heavy (non-hydrogen) atoms. The van der Waals surface area contributed by atoms with E-state index in [1.165, 1.54) is 11.1 Å². The van der Waals surface area contributed by atoms with E-state index in [4.69, 9.17) is 9.72 Å². The molecule has 1 aromatic carbocycles. The van der Waals surface area contributed by atoms with Crippen LogP contribution in [0.25, 0.3) is 10.2 Å². The van der Waals surface area contributed by atoms with Crippen molar-refractivity contribution in [2.75, 3.05) is 44.3 Å². The second-order valence-corrected chi connectivity index (χ2v) is 9.58. The number of halogens is 1. The number of benzene rings is 1. The van der Waals surface area contributed by atoms with Crippen LogP contribution in [-0.4, -0.2) is 55.2 Å². The van der Waals surface area contributed by atoms with Crippen LogP contribution in [0.1, 0.15) is 22.4 Å². The summed E-state index contributed by atoms with van der Waals surface area (Å²) in [6.45, 7) is 9.43. The third-order valence-corrected chi connectivity index (χ3v) is 7.12. The molecule has 1 aliphatic heterocycles. The molecule has 1 aliphatic rings. The summed E-state index contributed by atoms with van der Waals surface area (Å²) >= 11 is 3.26. The van der Waals surface area contributed by atoms with Gasteiger partial charge in [-0.3, -0.25) is 14.6 Å². The van der Waals surface area contributed by atoms with Gasteiger partial charge in [0.15, 0.2) is 5.13 Å². The van der Waals surface area contributed by atoms with Crippen LogP contribution in [0.4, 0.5) is 5.13 Å². The zero-order valence-electron chi connectivity index (χ0n) is 17.4. The quantitative estimate of drug-likeness (QED) is 0.507. The third-order valence-electron chi connectivity index (χ3n) is 5.22. The smallest absolute Gasteiger partial charge is 0.234 e. The summed E-state index contributed by atoms with van der Waals surface area (Å²) in [6.07, 6.45) is 1.37. The summed E-state index contributed by atoms with van der Waals surface area (Å²) in [5.41, 5.74) is 3.41. The van der Waals surface area contributed by atoms with Crippen LogP contribution in [0.3, 0.4) is 0 Å². The Bertz CT molecular complexity index is 968. The van der Waals surface area contributed by atoms with Gasteiger partial charge in [0.1, 0.15) is 0 Å². The first kappa shape index (κ1) is 23.2. The average Bonchev–Trinajstić information content (AvgIpc) is 3.36. The number of nitrogens with zero attached hydrogens (tertiary/aromatic N) is 3. The van der Waals surface area contributed by atoms with E-state index in [0.717, 1.165) is 59.5 Å². The Balaban J connectivity index is 0.00000256. The fourth-order valence-electron chi connectivity index (χ4n) is 3.74. The zero-order chi connectivity index (χ0) is 20.2. The largest absolute Gasteiger partial charge is 0.379 e. The number of fused-ring (bicyclic) bond motifs is 1. The molecule has 0 bridgehead atoms. The molecule has 4 rings (SSSR count). The van der Waals surface area contributed by atoms with Crippen molar-refractivity contribution >= 4 is 56.3 Å². The number of rotatable bonds is 7. The van der Waals surface area contributed by atoms with Crippen LogP contribution in [0, 0.1) is 13.8 Å². The van der Waals surface area contributed by atoms with Gasteiger partial charge < -0.3 is 4.74 Å². The number of hydrogen-bond donors (Lipinski definition) is 0. The predicted molar refractivity (Wildman–Crippen MR) is 129 cm³/mol. The van der Waals surface area contributed by atoms with Crippen LogP contribution in [-0.2, 0) is 16.0 Å². The molecular formula is C22H28ClN3O2S2. The fourth-order valence-corrected chi connectivity index (χ4v) is 5.62. The number of hydrogen-bond acceptors (Lipinski definition) is 6. The normalized spacial score (nSPS) is 14.6. The molecule has 3 aromatic rings. The van der Waals surface area contributed by atoms with E-state index in [1.807, 2.05) is 22.4 Å². The molecule has 0 saturated carbocycles. The van der Waals surface area contributed by atoms with Gasteiger partial charge in [-0.2, -0.15) is 0 Å². The van der Waals surface area contributed by atoms with Gasteiger partial charge in [0.25, 0.3) is 0 Å². The summed E-state index contributed by atoms with van der Waals surface area (Å²) in [7, 11) is 0. The molecular weight excluding hydrogens is 438 g/mol. The molecule has 0 spiro atoms. The van der Waals surface area contributed by atoms with Gasteiger partial charge in [-0.25, -0.2) is 4.98 Å². The lowest BCUT2D eigenvalue weighted by Gasteiger charge is -2.27. The van der Waals surface area contributed by atoms with E-state index in [2.05, 4.69) is 30.9 Å². The lowest BCUT2D eigenvalue weighted by atomic mass is 10.1. The number of amides is 1. The molecule has 0 radical (unpaired) electrons. The third kappa shape index (κ3) is 5.59. The van der Waals surface area contributed by atoms with Gasteiger partial charge in [-0.05, 0) is 48.9 Å². The molecule has 1 saturated heterocycles. The Kier molecular flexibility index (Phi) is 8.25. The van der Waals surface area contributed by atoms with Crippen molar-refractivity contribution < 1.29 is 9.53 Å². The van der Waals surface area contributed by atoms with Crippen molar-refractivity contribution in [1.29, 1.82) is 0 Å². The summed E-state index contributed by atoms with van der Waals surface area (Å²) in [6, 6.07) is 8.35. The summed E-state index contributed by atoms with van der Waals surface area (Å²) in [4.78, 5) is 23.5. The highest BCUT2D eigenvalue weighted by atomic mass is 35.5. The number of anilines is 1. The van der Waals surface area contributed by atoms with E-state index in [-0.39, 0.29) is 18.3 Å². The minimum absolute atomic E-state index is 0. The Hall–Kier alpha value is -1.51. The molecule has 1 amide bonds. The van der Waals surface area contributed by atoms with Crippen molar-refractivity contribution in [2.45, 2.75) is 26.7 Å². The predicted octanol–water partition coefficient (Wildman–Crippen LogP) is 4.69. The molecule has 0 N–H and O–H groups in total. The Morgan fingerprint density at radius 1 is 1.27 bits per heavy atom. The standard InChI is InChI=1S/C22H27N3O2S2.ClH/c1-16-13-17(2)21-19(14-16)29-22(23-21)25(20(26)15-18-5-3-12-28-18)7-4-6-24-8-10-27-11-9-24;/h3,5,12-14H,4,6-11,15H2,1-2H3;1H. The van der Waals surface area contributed by atoms with E-state index < -0.39 is 0 Å². The van der Waals surface area contributed by atoms with Gasteiger partial charge >= 0.3 is 0 Å². The van der Waals surface area contributed by atoms with Crippen molar-refractivity contribution in [1.82, 2.24) is 9.88 Å². The molecule has 3 heterocycles. The number of ether oxygens (including phenoxy) is 1. The molecule has 8 heteroatoms. The minimum atomic E-state index is 0. The topological polar surface area (TPSA) is 45.7 Å². The van der Waals surface area contributed by atoms with Crippen LogP contribution in [0.15, 0.2) is 29.6 Å². The van der Waals surface area contributed by atoms with Gasteiger partial charge in [0.05, 0.1) is 29.9 Å². The molecule has 0 unspecified atom stereocenters. The van der Waals surface area contributed by atoms with Crippen molar-refractivity contribution in [3.05, 3.63) is 45.6 Å². The summed E-state index contributed by atoms with van der Waals surface area (Å²) in [5, 5.41) is 2.84. The van der Waals surface area contributed by atoms with Crippen LogP contribution < -0.4 is 4.90 Å². The second kappa shape index (κ2) is 10.7. The monoisotopic (exact) mass is 465 g/mol. The molecule has 5 nitrogen and oxygen atoms in total. The van der Waals surface area contributed by atoms with Gasteiger partial charge in [-0.15, -0.1) is 23.7 Å². The van der Waals surface area contributed by atoms with E-state index >= 15 is 0 Å². The average molecular weight is 466 g/mol. The summed E-state index contributed by atoms with van der Waals surface area (Å²) < 4.78 is 6.59. The number of morpholine rings is 1. The molecule has 0 aliphatic carbocycles. The Morgan fingerprint density at radius 3 is 2.80 bits per heavy atom. The highest BCUT2D eigenvalue weighted by Crippen LogP contribution is 2.32. The maximum absolute atomic E-state index is 13.2. The van der Waals surface area contributed by atoms with Crippen LogP contribution >= 0.6 is 35.1 Å². The number of thiophene rings is 1. The number of aryl methyl sites for hydroxylation is 2. The number of thiazole rings is 1. The van der Waals surface area contributed by atoms with Crippen molar-refractivity contribution in [3.8, 4) is 0 Å². The fraction of sp³-hybridized carbons (Fsp3) is 0.455. The van der Waals surface area contributed by atoms with Gasteiger partial charge in [0.2, 0.25) is 5.91 Å². The molecule has 1 fully saturated rings. The first-order valence-corrected chi connectivity index (χ1v) is 11.8. The Labute approximate surface area is 192 Å². The van der Waals surface area contributed by atoms with Gasteiger partial charge in [-0.1, -0.05) is 23.5 Å². The van der Waals surface area contributed by atoms with Gasteiger partial charge in [0, 0.05) is 31.1 Å². The van der Waals surface area contributed by atoms with E-state index in [9.17, 15) is 4.79 Å². The van der Waals surface area contributed by atoms with Crippen LogP contribution in [0.2, 0.25) is 0 Å². The number of carbonyl (C=O) groups is 1. The maximum Gasteiger partial charge on any atom is 0.234 e. The number of carbonyl (C=O) groups excluding carboxylic acids is 1. The van der Waals surface area contributed by atoms with Crippen molar-refractivity contribution in [2.24, 2.45) is 0 Å². The lowest BCUT2D eigenvalue weighted by Crippen LogP contribution is -2.39. The Morgan fingerprint density at radius 2 is 2.07 bits per heavy atom. The van der Waals surface area contributed by atoms with Crippen LogP contribution in [0.5, 0.6) is 0 Å². The lowest BCUT2D eigenvalue weighted by molar-refractivity contribution is -0.118. The molecule has 0 atom stereocenters. The SMILES string of the molecule is Cc1cc(C)c2nc(N(CCCN3CCOCC3)C(=O)Cc3cccs3)sc2c1.Cl. The molecule has 162 valence electrons. The molecule has 2 aromatic heterocycles. The van der Waals surface area contributed by atoms with Crippen molar-refractivity contribution in [3.63, 3.8) is 0 Å². The first-order valence-electron chi connectivity index (χ1n) is 10.1. The highest BCUT2D eigenvalue weighted by Gasteiger charge is 2.21. The zero-order valence-corrected chi connectivity index (χ0v) is 19.9. The maximum atomic E-state index is 13.2. The van der Waals surface area contributed by atoms with E-state index in [0.29, 0.717) is 13.0 Å². The minimum Gasteiger partial charge on any atom is -0.379 e. The second-order valence-electron chi connectivity index (χ2n) is 7.53. The number of aromatic nitrogens is 1. The highest BCUT2D eigenvalue weighted by molar-refractivity contribution is 7.22. The summed E-state index contributed by atoms with van der Waals surface area (Å²) in [5.74, 6) is 0.128.